The number of alkyl halides is 3. The molecule has 0 saturated carbocycles. The number of benzene rings is 2. The van der Waals surface area contributed by atoms with Crippen molar-refractivity contribution in [2.45, 2.75) is 45.7 Å². The molecule has 2 aromatic rings. The van der Waals surface area contributed by atoms with Crippen molar-refractivity contribution in [3.05, 3.63) is 53.6 Å². The molecule has 0 spiro atoms. The van der Waals surface area contributed by atoms with Gasteiger partial charge in [-0.1, -0.05) is 25.5 Å². The van der Waals surface area contributed by atoms with Gasteiger partial charge in [0.25, 0.3) is 0 Å². The quantitative estimate of drug-likeness (QED) is 0.501. The maximum Gasteiger partial charge on any atom is 0.416 e. The monoisotopic (exact) mass is 409 g/mol. The second-order valence-corrected chi connectivity index (χ2v) is 6.54. The molecule has 2 aromatic carbocycles. The molecule has 1 N–H and O–H groups in total. The summed E-state index contributed by atoms with van der Waals surface area (Å²) in [7, 11) is 0. The number of ether oxygens (including phenoxy) is 2. The third kappa shape index (κ3) is 7.33. The molecule has 0 fully saturated rings. The van der Waals surface area contributed by atoms with Crippen molar-refractivity contribution in [2.24, 2.45) is 0 Å². The lowest BCUT2D eigenvalue weighted by atomic mass is 10.1. The van der Waals surface area contributed by atoms with E-state index in [4.69, 9.17) is 9.47 Å². The van der Waals surface area contributed by atoms with Gasteiger partial charge in [0.2, 0.25) is 5.91 Å². The predicted octanol–water partition coefficient (Wildman–Crippen LogP) is 5.85. The van der Waals surface area contributed by atoms with E-state index in [1.807, 2.05) is 25.1 Å². The maximum absolute atomic E-state index is 12.8. The van der Waals surface area contributed by atoms with Crippen molar-refractivity contribution >= 4 is 11.6 Å². The van der Waals surface area contributed by atoms with E-state index in [1.54, 1.807) is 0 Å². The van der Waals surface area contributed by atoms with Crippen molar-refractivity contribution in [2.75, 3.05) is 18.5 Å². The van der Waals surface area contributed by atoms with Gasteiger partial charge in [-0.3, -0.25) is 4.79 Å². The minimum atomic E-state index is -4.45. The fourth-order valence-corrected chi connectivity index (χ4v) is 2.68. The number of carbonyl (C=O) groups excluding carboxylic acids is 1. The molecule has 29 heavy (non-hydrogen) atoms. The van der Waals surface area contributed by atoms with Gasteiger partial charge >= 0.3 is 6.18 Å². The first-order valence-corrected chi connectivity index (χ1v) is 9.69. The molecule has 0 atom stereocenters. The summed E-state index contributed by atoms with van der Waals surface area (Å²) < 4.78 is 49.7. The lowest BCUT2D eigenvalue weighted by Crippen LogP contribution is -2.13. The number of halogens is 3. The van der Waals surface area contributed by atoms with Crippen LogP contribution >= 0.6 is 0 Å². The highest BCUT2D eigenvalue weighted by molar-refractivity contribution is 5.90. The molecule has 1 amide bonds. The van der Waals surface area contributed by atoms with Crippen LogP contribution in [-0.2, 0) is 17.4 Å². The molecular weight excluding hydrogens is 383 g/mol. The van der Waals surface area contributed by atoms with Gasteiger partial charge in [0.1, 0.15) is 0 Å². The van der Waals surface area contributed by atoms with Gasteiger partial charge in [-0.05, 0) is 55.7 Å². The second kappa shape index (κ2) is 10.7. The van der Waals surface area contributed by atoms with Gasteiger partial charge < -0.3 is 14.8 Å². The van der Waals surface area contributed by atoms with Gasteiger partial charge in [0.05, 0.1) is 18.8 Å². The number of rotatable bonds is 10. The fraction of sp³-hybridized carbons (Fsp3) is 0.409. The highest BCUT2D eigenvalue weighted by Gasteiger charge is 2.30. The first kappa shape index (κ1) is 22.6. The largest absolute Gasteiger partial charge is 0.490 e. The van der Waals surface area contributed by atoms with E-state index in [1.165, 1.54) is 12.1 Å². The highest BCUT2D eigenvalue weighted by Crippen LogP contribution is 2.31. The summed E-state index contributed by atoms with van der Waals surface area (Å²) in [6, 6.07) is 10.1. The van der Waals surface area contributed by atoms with Gasteiger partial charge in [0, 0.05) is 12.1 Å². The Labute approximate surface area is 169 Å². The average molecular weight is 409 g/mol. The number of amides is 1. The number of carbonyl (C=O) groups is 1. The van der Waals surface area contributed by atoms with Crippen molar-refractivity contribution in [1.82, 2.24) is 0 Å². The Morgan fingerprint density at radius 1 is 1.03 bits per heavy atom. The number of hydrogen-bond donors (Lipinski definition) is 1. The summed E-state index contributed by atoms with van der Waals surface area (Å²) >= 11 is 0. The number of nitrogens with one attached hydrogen (secondary N) is 1. The van der Waals surface area contributed by atoms with Crippen molar-refractivity contribution in [3.63, 3.8) is 0 Å². The zero-order chi connectivity index (χ0) is 21.3. The molecule has 7 heteroatoms. The van der Waals surface area contributed by atoms with Crippen LogP contribution in [0.1, 0.15) is 44.2 Å². The zero-order valence-corrected chi connectivity index (χ0v) is 16.6. The Morgan fingerprint density at radius 3 is 2.52 bits per heavy atom. The molecular formula is C22H26F3NO3. The summed E-state index contributed by atoms with van der Waals surface area (Å²) in [5, 5.41) is 2.52. The molecule has 0 aliphatic carbocycles. The van der Waals surface area contributed by atoms with Crippen molar-refractivity contribution < 1.29 is 27.4 Å². The van der Waals surface area contributed by atoms with E-state index in [0.29, 0.717) is 31.1 Å². The van der Waals surface area contributed by atoms with Gasteiger partial charge in [-0.25, -0.2) is 0 Å². The summed E-state index contributed by atoms with van der Waals surface area (Å²) in [5.41, 5.74) is 0.213. The van der Waals surface area contributed by atoms with Crippen LogP contribution in [0.15, 0.2) is 42.5 Å². The highest BCUT2D eigenvalue weighted by atomic mass is 19.4. The van der Waals surface area contributed by atoms with Crippen molar-refractivity contribution in [3.8, 4) is 11.5 Å². The molecule has 0 aromatic heterocycles. The van der Waals surface area contributed by atoms with Crippen LogP contribution in [0, 0.1) is 0 Å². The number of unbranched alkanes of at least 4 members (excludes halogenated alkanes) is 1. The van der Waals surface area contributed by atoms with Gasteiger partial charge in [-0.2, -0.15) is 13.2 Å². The van der Waals surface area contributed by atoms with Crippen LogP contribution in [0.25, 0.3) is 0 Å². The smallest absolute Gasteiger partial charge is 0.416 e. The average Bonchev–Trinajstić information content (AvgIpc) is 2.68. The van der Waals surface area contributed by atoms with Crippen LogP contribution in [0.5, 0.6) is 11.5 Å². The summed E-state index contributed by atoms with van der Waals surface area (Å²) in [5.74, 6) is 0.933. The van der Waals surface area contributed by atoms with Crippen LogP contribution < -0.4 is 14.8 Å². The van der Waals surface area contributed by atoms with E-state index >= 15 is 0 Å². The third-order valence-electron chi connectivity index (χ3n) is 4.18. The van der Waals surface area contributed by atoms with Gasteiger partial charge in [-0.15, -0.1) is 0 Å². The van der Waals surface area contributed by atoms with E-state index < -0.39 is 11.7 Å². The Hall–Kier alpha value is -2.70. The molecule has 0 heterocycles. The molecule has 2 rings (SSSR count). The van der Waals surface area contributed by atoms with E-state index in [-0.39, 0.29) is 18.0 Å². The second-order valence-electron chi connectivity index (χ2n) is 6.54. The Morgan fingerprint density at radius 2 is 1.83 bits per heavy atom. The number of anilines is 1. The molecule has 0 aliphatic rings. The molecule has 0 saturated heterocycles. The van der Waals surface area contributed by atoms with E-state index in [0.717, 1.165) is 30.5 Å². The Balaban J connectivity index is 1.96. The summed E-state index contributed by atoms with van der Waals surface area (Å²) in [6.45, 7) is 5.06. The van der Waals surface area contributed by atoms with Crippen LogP contribution in [-0.4, -0.2) is 19.1 Å². The summed E-state index contributed by atoms with van der Waals surface area (Å²) in [6.07, 6.45) is -1.90. The Kier molecular flexibility index (Phi) is 8.36. The van der Waals surface area contributed by atoms with E-state index in [9.17, 15) is 18.0 Å². The maximum atomic E-state index is 12.8. The predicted molar refractivity (Wildman–Crippen MR) is 106 cm³/mol. The molecule has 0 radical (unpaired) electrons. The van der Waals surface area contributed by atoms with Crippen LogP contribution in [0.4, 0.5) is 18.9 Å². The number of hydrogen-bond acceptors (Lipinski definition) is 3. The minimum absolute atomic E-state index is 0.125. The molecule has 158 valence electrons. The topological polar surface area (TPSA) is 47.6 Å². The number of aryl methyl sites for hydroxylation is 1. The normalized spacial score (nSPS) is 11.2. The molecule has 0 unspecified atom stereocenters. The van der Waals surface area contributed by atoms with Gasteiger partial charge in [0.15, 0.2) is 11.5 Å². The fourth-order valence-electron chi connectivity index (χ4n) is 2.68. The first-order chi connectivity index (χ1) is 13.8. The molecule has 0 bridgehead atoms. The lowest BCUT2D eigenvalue weighted by Gasteiger charge is -2.13. The first-order valence-electron chi connectivity index (χ1n) is 9.69. The summed E-state index contributed by atoms with van der Waals surface area (Å²) in [4.78, 5) is 12.2. The molecule has 4 nitrogen and oxygen atoms in total. The molecule has 0 aliphatic heterocycles. The minimum Gasteiger partial charge on any atom is -0.490 e. The van der Waals surface area contributed by atoms with E-state index in [2.05, 4.69) is 12.2 Å². The standard InChI is InChI=1S/C22H26F3NO3/c1-3-5-13-29-19-11-9-16(14-20(19)28-4-2)10-12-21(27)26-18-8-6-7-17(15-18)22(23,24)25/h6-9,11,14-15H,3-5,10,12-13H2,1-2H3,(H,26,27). The van der Waals surface area contributed by atoms with Crippen molar-refractivity contribution in [1.29, 1.82) is 0 Å². The van der Waals surface area contributed by atoms with Crippen LogP contribution in [0.2, 0.25) is 0 Å². The zero-order valence-electron chi connectivity index (χ0n) is 16.6. The lowest BCUT2D eigenvalue weighted by molar-refractivity contribution is -0.137. The Bertz CT molecular complexity index is 806. The SMILES string of the molecule is CCCCOc1ccc(CCC(=O)Nc2cccc(C(F)(F)F)c2)cc1OCC. The third-order valence-corrected chi connectivity index (χ3v) is 4.18. The van der Waals surface area contributed by atoms with Crippen LogP contribution in [0.3, 0.4) is 0 Å².